The third-order valence-corrected chi connectivity index (χ3v) is 6.73. The van der Waals surface area contributed by atoms with Crippen molar-refractivity contribution in [2.75, 3.05) is 25.6 Å². The number of aliphatic hydroxyl groups is 1. The highest BCUT2D eigenvalue weighted by molar-refractivity contribution is 6.01. The smallest absolute Gasteiger partial charge is 0.257 e. The Hall–Kier alpha value is -3.57. The Morgan fingerprint density at radius 2 is 2.18 bits per heavy atom. The second-order valence-electron chi connectivity index (χ2n) is 8.74. The highest BCUT2D eigenvalue weighted by Crippen LogP contribution is 2.35. The topological polar surface area (TPSA) is 119 Å². The van der Waals surface area contributed by atoms with Crippen LogP contribution in [0.5, 0.6) is 0 Å². The molecule has 10 nitrogen and oxygen atoms in total. The summed E-state index contributed by atoms with van der Waals surface area (Å²) in [5.74, 6) is 0.304. The molecule has 1 saturated heterocycles. The number of aliphatic hydroxyl groups excluding tert-OH is 1. The molecular formula is C23H24FN7O3. The summed E-state index contributed by atoms with van der Waals surface area (Å²) < 4.78 is 23.3. The van der Waals surface area contributed by atoms with E-state index < -0.39 is 18.3 Å². The summed E-state index contributed by atoms with van der Waals surface area (Å²) in [6, 6.07) is 4.85. The number of ether oxygens (including phenoxy) is 1. The second-order valence-corrected chi connectivity index (χ2v) is 8.74. The average Bonchev–Trinajstić information content (AvgIpc) is 3.57. The molecular weight excluding hydrogens is 441 g/mol. The van der Waals surface area contributed by atoms with Crippen LogP contribution >= 0.6 is 0 Å². The monoisotopic (exact) mass is 465 g/mol. The number of hydrogen-bond acceptors (Lipinski definition) is 7. The SMILES string of the molecule is CNc1cc(-c2cn([C@H]3COC[C@H]3F)c3ncccc23)nc2c(C(=O)NC3CCC3O)cnn12. The van der Waals surface area contributed by atoms with Crippen LogP contribution in [-0.4, -0.2) is 73.7 Å². The molecule has 176 valence electrons. The van der Waals surface area contributed by atoms with Crippen LogP contribution in [0.1, 0.15) is 29.2 Å². The molecule has 1 aliphatic carbocycles. The van der Waals surface area contributed by atoms with Gasteiger partial charge in [0.1, 0.15) is 23.2 Å². The molecule has 2 aliphatic rings. The minimum atomic E-state index is -1.12. The van der Waals surface area contributed by atoms with Crippen LogP contribution in [0.2, 0.25) is 0 Å². The Morgan fingerprint density at radius 1 is 1.29 bits per heavy atom. The van der Waals surface area contributed by atoms with Gasteiger partial charge in [-0.25, -0.2) is 14.4 Å². The number of alkyl halides is 1. The molecule has 6 rings (SSSR count). The van der Waals surface area contributed by atoms with E-state index in [4.69, 9.17) is 9.72 Å². The number of nitrogens with one attached hydrogen (secondary N) is 2. The maximum Gasteiger partial charge on any atom is 0.257 e. The summed E-state index contributed by atoms with van der Waals surface area (Å²) >= 11 is 0. The number of pyridine rings is 1. The van der Waals surface area contributed by atoms with Crippen LogP contribution in [0, 0.1) is 0 Å². The summed E-state index contributed by atoms with van der Waals surface area (Å²) in [7, 11) is 1.76. The van der Waals surface area contributed by atoms with E-state index in [1.54, 1.807) is 17.8 Å². The zero-order valence-electron chi connectivity index (χ0n) is 18.5. The second kappa shape index (κ2) is 8.03. The highest BCUT2D eigenvalue weighted by Gasteiger charge is 2.33. The number of carbonyl (C=O) groups is 1. The van der Waals surface area contributed by atoms with Crippen molar-refractivity contribution >= 4 is 28.4 Å². The molecule has 2 unspecified atom stereocenters. The van der Waals surface area contributed by atoms with Gasteiger partial charge in [-0.1, -0.05) is 0 Å². The largest absolute Gasteiger partial charge is 0.391 e. The van der Waals surface area contributed by atoms with E-state index in [1.807, 2.05) is 29.0 Å². The van der Waals surface area contributed by atoms with E-state index in [2.05, 4.69) is 20.7 Å². The minimum Gasteiger partial charge on any atom is -0.391 e. The van der Waals surface area contributed by atoms with Gasteiger partial charge in [-0.2, -0.15) is 9.61 Å². The van der Waals surface area contributed by atoms with Crippen molar-refractivity contribution in [2.24, 2.45) is 0 Å². The third kappa shape index (κ3) is 3.23. The van der Waals surface area contributed by atoms with Gasteiger partial charge in [0.2, 0.25) is 0 Å². The fraction of sp³-hybridized carbons (Fsp3) is 0.391. The molecule has 0 aromatic carbocycles. The average molecular weight is 465 g/mol. The van der Waals surface area contributed by atoms with Crippen molar-refractivity contribution in [3.63, 3.8) is 0 Å². The number of nitrogens with zero attached hydrogens (tertiary/aromatic N) is 5. The summed E-state index contributed by atoms with van der Waals surface area (Å²) in [5.41, 5.74) is 2.70. The fourth-order valence-electron chi connectivity index (χ4n) is 4.65. The quantitative estimate of drug-likeness (QED) is 0.412. The van der Waals surface area contributed by atoms with Crippen LogP contribution < -0.4 is 10.6 Å². The first-order chi connectivity index (χ1) is 16.5. The Bertz CT molecular complexity index is 1400. The van der Waals surface area contributed by atoms with Crippen LogP contribution in [0.15, 0.2) is 36.8 Å². The predicted octanol–water partition coefficient (Wildman–Crippen LogP) is 1.95. The number of fused-ring (bicyclic) bond motifs is 2. The van der Waals surface area contributed by atoms with Crippen molar-refractivity contribution in [3.8, 4) is 11.3 Å². The summed E-state index contributed by atoms with van der Waals surface area (Å²) in [6.45, 7) is 0.333. The molecule has 3 N–H and O–H groups in total. The number of hydrogen-bond donors (Lipinski definition) is 3. The molecule has 4 aromatic rings. The van der Waals surface area contributed by atoms with E-state index in [1.165, 1.54) is 6.20 Å². The van der Waals surface area contributed by atoms with Gasteiger partial charge in [-0.15, -0.1) is 0 Å². The maximum atomic E-state index is 14.5. The Labute approximate surface area is 193 Å². The van der Waals surface area contributed by atoms with Gasteiger partial charge >= 0.3 is 0 Å². The van der Waals surface area contributed by atoms with Crippen LogP contribution in [-0.2, 0) is 4.74 Å². The Balaban J connectivity index is 1.48. The first-order valence-corrected chi connectivity index (χ1v) is 11.3. The lowest BCUT2D eigenvalue weighted by Gasteiger charge is -2.32. The zero-order chi connectivity index (χ0) is 23.4. The summed E-state index contributed by atoms with van der Waals surface area (Å²) in [5, 5.41) is 21.0. The third-order valence-electron chi connectivity index (χ3n) is 6.73. The number of carbonyl (C=O) groups excluding carboxylic acids is 1. The van der Waals surface area contributed by atoms with Crippen LogP contribution in [0.4, 0.5) is 10.2 Å². The number of anilines is 1. The van der Waals surface area contributed by atoms with Gasteiger partial charge in [0.15, 0.2) is 5.65 Å². The molecule has 0 radical (unpaired) electrons. The summed E-state index contributed by atoms with van der Waals surface area (Å²) in [4.78, 5) is 22.2. The zero-order valence-corrected chi connectivity index (χ0v) is 18.5. The minimum absolute atomic E-state index is 0.0601. The standard InChI is InChI=1S/C23H24FN7O3/c1-25-20-7-17(28-22-13(8-27-31(20)22)23(33)29-16-4-5-19(16)32)14-9-30(18-11-34-10-15(18)24)21-12(14)3-2-6-26-21/h2-3,6-9,15-16,18-19,25,32H,4-5,10-11H2,1H3,(H,29,33)/t15-,16?,18+,19?/m1/s1. The summed E-state index contributed by atoms with van der Waals surface area (Å²) in [6.07, 6.45) is 4.76. The fourth-order valence-corrected chi connectivity index (χ4v) is 4.65. The number of halogens is 1. The van der Waals surface area contributed by atoms with Crippen LogP contribution in [0.25, 0.3) is 27.9 Å². The molecule has 0 spiro atoms. The van der Waals surface area contributed by atoms with E-state index in [9.17, 15) is 14.3 Å². The number of amides is 1. The van der Waals surface area contributed by atoms with Gasteiger partial charge in [0.25, 0.3) is 5.91 Å². The highest BCUT2D eigenvalue weighted by atomic mass is 19.1. The van der Waals surface area contributed by atoms with Crippen molar-refractivity contribution in [2.45, 2.75) is 37.2 Å². The molecule has 4 atom stereocenters. The first kappa shape index (κ1) is 21.0. The molecule has 5 heterocycles. The Kier molecular flexibility index (Phi) is 4.96. The molecule has 1 amide bonds. The number of aromatic nitrogens is 5. The van der Waals surface area contributed by atoms with Crippen molar-refractivity contribution in [1.29, 1.82) is 0 Å². The molecule has 11 heteroatoms. The lowest BCUT2D eigenvalue weighted by atomic mass is 9.89. The van der Waals surface area contributed by atoms with E-state index >= 15 is 0 Å². The lowest BCUT2D eigenvalue weighted by Crippen LogP contribution is -2.50. The molecule has 4 aromatic heterocycles. The molecule has 34 heavy (non-hydrogen) atoms. The van der Waals surface area contributed by atoms with Gasteiger partial charge in [-0.05, 0) is 25.0 Å². The lowest BCUT2D eigenvalue weighted by molar-refractivity contribution is 0.0448. The van der Waals surface area contributed by atoms with E-state index in [-0.39, 0.29) is 25.2 Å². The Morgan fingerprint density at radius 3 is 2.88 bits per heavy atom. The molecule has 0 bridgehead atoms. The number of rotatable bonds is 5. The van der Waals surface area contributed by atoms with E-state index in [0.717, 1.165) is 17.4 Å². The predicted molar refractivity (Wildman–Crippen MR) is 123 cm³/mol. The first-order valence-electron chi connectivity index (χ1n) is 11.3. The van der Waals surface area contributed by atoms with E-state index in [0.29, 0.717) is 34.8 Å². The van der Waals surface area contributed by atoms with Crippen LogP contribution in [0.3, 0.4) is 0 Å². The molecule has 1 aliphatic heterocycles. The van der Waals surface area contributed by atoms with Gasteiger partial charge in [0.05, 0.1) is 43.3 Å². The normalized spacial score (nSPS) is 24.4. The molecule has 1 saturated carbocycles. The molecule has 2 fully saturated rings. The van der Waals surface area contributed by atoms with Gasteiger partial charge in [0, 0.05) is 36.5 Å². The van der Waals surface area contributed by atoms with Gasteiger partial charge in [-0.3, -0.25) is 4.79 Å². The van der Waals surface area contributed by atoms with Crippen molar-refractivity contribution < 1.29 is 19.0 Å². The van der Waals surface area contributed by atoms with Crippen molar-refractivity contribution in [3.05, 3.63) is 42.4 Å². The van der Waals surface area contributed by atoms with Gasteiger partial charge < -0.3 is 25.0 Å². The van der Waals surface area contributed by atoms with Crippen molar-refractivity contribution in [1.82, 2.24) is 29.5 Å². The maximum absolute atomic E-state index is 14.5.